The topological polar surface area (TPSA) is 6.48 Å². The highest BCUT2D eigenvalue weighted by Gasteiger charge is 2.41. The van der Waals surface area contributed by atoms with Gasteiger partial charge in [-0.15, -0.1) is 0 Å². The molecular formula is C46H38N2. The van der Waals surface area contributed by atoms with Crippen LogP contribution in [0.1, 0.15) is 49.9 Å². The van der Waals surface area contributed by atoms with Gasteiger partial charge in [0, 0.05) is 39.0 Å². The number of fused-ring (bicyclic) bond motifs is 5. The lowest BCUT2D eigenvalue weighted by atomic mass is 9.65. The van der Waals surface area contributed by atoms with Gasteiger partial charge < -0.3 is 9.80 Å². The quantitative estimate of drug-likeness (QED) is 0.194. The van der Waals surface area contributed by atoms with E-state index in [-0.39, 0.29) is 10.8 Å². The van der Waals surface area contributed by atoms with Crippen molar-refractivity contribution in [3.63, 3.8) is 0 Å². The van der Waals surface area contributed by atoms with Gasteiger partial charge in [0.25, 0.3) is 0 Å². The Morgan fingerprint density at radius 3 is 1.71 bits per heavy atom. The van der Waals surface area contributed by atoms with Crippen LogP contribution in [0.5, 0.6) is 0 Å². The number of anilines is 6. The number of hydrogen-bond donors (Lipinski definition) is 0. The molecule has 0 aromatic heterocycles. The zero-order valence-corrected chi connectivity index (χ0v) is 27.9. The predicted molar refractivity (Wildman–Crippen MR) is 203 cm³/mol. The third-order valence-electron chi connectivity index (χ3n) is 10.8. The molecule has 1 aliphatic heterocycles. The monoisotopic (exact) mass is 618 g/mol. The van der Waals surface area contributed by atoms with Crippen molar-refractivity contribution in [3.8, 4) is 11.1 Å². The predicted octanol–water partition coefficient (Wildman–Crippen LogP) is 12.7. The van der Waals surface area contributed by atoms with Crippen molar-refractivity contribution < 1.29 is 0 Å². The third kappa shape index (κ3) is 4.05. The summed E-state index contributed by atoms with van der Waals surface area (Å²) < 4.78 is 0. The second-order valence-electron chi connectivity index (χ2n) is 14.2. The lowest BCUT2D eigenvalue weighted by Gasteiger charge is -2.44. The van der Waals surface area contributed by atoms with Gasteiger partial charge in [0.15, 0.2) is 0 Å². The molecule has 0 saturated heterocycles. The van der Waals surface area contributed by atoms with Gasteiger partial charge in [-0.05, 0) is 99.4 Å². The fraction of sp³-hybridized carbons (Fsp3) is 0.130. The van der Waals surface area contributed by atoms with Crippen molar-refractivity contribution in [1.82, 2.24) is 0 Å². The Morgan fingerprint density at radius 1 is 0.438 bits per heavy atom. The number of para-hydroxylation sites is 4. The van der Waals surface area contributed by atoms with Gasteiger partial charge in [0.1, 0.15) is 0 Å². The third-order valence-corrected chi connectivity index (χ3v) is 10.8. The summed E-state index contributed by atoms with van der Waals surface area (Å²) in [6.45, 7) is 9.58. The highest BCUT2D eigenvalue weighted by molar-refractivity contribution is 6.13. The van der Waals surface area contributed by atoms with Crippen molar-refractivity contribution >= 4 is 44.9 Å². The molecule has 9 rings (SSSR count). The summed E-state index contributed by atoms with van der Waals surface area (Å²) >= 11 is 0. The van der Waals surface area contributed by atoms with Gasteiger partial charge in [-0.1, -0.05) is 125 Å². The Kier molecular flexibility index (Phi) is 6.23. The van der Waals surface area contributed by atoms with E-state index in [0.29, 0.717) is 0 Å². The summed E-state index contributed by atoms with van der Waals surface area (Å²) in [5.74, 6) is 0. The summed E-state index contributed by atoms with van der Waals surface area (Å²) in [5, 5.41) is 2.67. The minimum atomic E-state index is -0.217. The van der Waals surface area contributed by atoms with Crippen molar-refractivity contribution in [2.45, 2.75) is 38.5 Å². The molecule has 0 bridgehead atoms. The van der Waals surface area contributed by atoms with Crippen LogP contribution >= 0.6 is 0 Å². The van der Waals surface area contributed by atoms with Crippen LogP contribution in [0.25, 0.3) is 21.9 Å². The lowest BCUT2D eigenvalue weighted by Crippen LogP contribution is -2.32. The van der Waals surface area contributed by atoms with Crippen LogP contribution in [0.4, 0.5) is 34.1 Å². The zero-order valence-electron chi connectivity index (χ0n) is 27.9. The highest BCUT2D eigenvalue weighted by Crippen LogP contribution is 2.59. The van der Waals surface area contributed by atoms with Crippen LogP contribution in [0.2, 0.25) is 0 Å². The van der Waals surface area contributed by atoms with E-state index in [1.165, 1.54) is 61.2 Å². The molecule has 0 amide bonds. The fourth-order valence-corrected chi connectivity index (χ4v) is 8.40. The maximum atomic E-state index is 2.52. The second kappa shape index (κ2) is 10.5. The van der Waals surface area contributed by atoms with Crippen LogP contribution in [-0.2, 0) is 10.8 Å². The van der Waals surface area contributed by atoms with Crippen LogP contribution in [0.15, 0.2) is 158 Å². The molecule has 0 radical (unpaired) electrons. The van der Waals surface area contributed by atoms with Crippen molar-refractivity contribution in [3.05, 3.63) is 180 Å². The van der Waals surface area contributed by atoms with E-state index in [2.05, 4.69) is 195 Å². The molecule has 0 spiro atoms. The first-order chi connectivity index (χ1) is 23.4. The lowest BCUT2D eigenvalue weighted by molar-refractivity contribution is 0.631. The SMILES string of the molecule is CC1(C)c2ccccc2N(c2ccccc2)c2c1cc1c3c(cccc23)C(C)(C)c2cc(N(c3ccccc3)c3ccccc3)ccc2-1. The Bertz CT molecular complexity index is 2300. The summed E-state index contributed by atoms with van der Waals surface area (Å²) in [4.78, 5) is 4.87. The molecule has 1 aliphatic carbocycles. The molecule has 232 valence electrons. The molecule has 2 aliphatic rings. The molecule has 1 heterocycles. The Hall–Kier alpha value is -5.60. The number of nitrogens with zero attached hydrogens (tertiary/aromatic N) is 2. The van der Waals surface area contributed by atoms with Gasteiger partial charge in [0.05, 0.1) is 11.4 Å². The van der Waals surface area contributed by atoms with Crippen LogP contribution < -0.4 is 9.80 Å². The van der Waals surface area contributed by atoms with Crippen LogP contribution in [0, 0.1) is 0 Å². The van der Waals surface area contributed by atoms with E-state index in [1.54, 1.807) is 0 Å². The van der Waals surface area contributed by atoms with Gasteiger partial charge in [-0.2, -0.15) is 0 Å². The van der Waals surface area contributed by atoms with Gasteiger partial charge in [-0.3, -0.25) is 0 Å². The minimum absolute atomic E-state index is 0.192. The Balaban J connectivity index is 1.33. The fourth-order valence-electron chi connectivity index (χ4n) is 8.40. The zero-order chi connectivity index (χ0) is 32.6. The van der Waals surface area contributed by atoms with Gasteiger partial charge >= 0.3 is 0 Å². The second-order valence-corrected chi connectivity index (χ2v) is 14.2. The highest BCUT2D eigenvalue weighted by atomic mass is 15.2. The first-order valence-corrected chi connectivity index (χ1v) is 17.0. The molecule has 2 heteroatoms. The van der Waals surface area contributed by atoms with Crippen molar-refractivity contribution in [2.24, 2.45) is 0 Å². The summed E-state index contributed by atoms with van der Waals surface area (Å²) in [5.41, 5.74) is 14.9. The maximum absolute atomic E-state index is 2.52. The smallest absolute Gasteiger partial charge is 0.0581 e. The summed E-state index contributed by atoms with van der Waals surface area (Å²) in [7, 11) is 0. The molecule has 0 unspecified atom stereocenters. The average molecular weight is 619 g/mol. The molecule has 0 fully saturated rings. The molecule has 0 atom stereocenters. The first-order valence-electron chi connectivity index (χ1n) is 17.0. The van der Waals surface area contributed by atoms with Crippen LogP contribution in [-0.4, -0.2) is 0 Å². The molecule has 7 aromatic carbocycles. The number of hydrogen-bond acceptors (Lipinski definition) is 2. The molecule has 48 heavy (non-hydrogen) atoms. The largest absolute Gasteiger partial charge is 0.310 e. The van der Waals surface area contributed by atoms with E-state index in [4.69, 9.17) is 0 Å². The standard InChI is InChI=1S/C46H38N2/c1-45(2)38-24-14-15-26-42(38)48(33-21-12-7-13-22-33)44-36-23-16-25-39-43(36)37(30-41(44)45)35-28-27-34(29-40(35)46(39,3)4)47(31-17-8-5-9-18-31)32-19-10-6-11-20-32/h5-30H,1-4H3. The molecule has 0 saturated carbocycles. The minimum Gasteiger partial charge on any atom is -0.310 e. The van der Waals surface area contributed by atoms with Crippen molar-refractivity contribution in [1.29, 1.82) is 0 Å². The number of benzene rings is 7. The normalized spacial score (nSPS) is 15.0. The molecule has 7 aromatic rings. The maximum Gasteiger partial charge on any atom is 0.0581 e. The van der Waals surface area contributed by atoms with E-state index in [1.807, 2.05) is 0 Å². The average Bonchev–Trinajstić information content (AvgIpc) is 3.12. The molecule has 2 nitrogen and oxygen atoms in total. The van der Waals surface area contributed by atoms with Crippen LogP contribution in [0.3, 0.4) is 0 Å². The number of rotatable bonds is 4. The van der Waals surface area contributed by atoms with E-state index in [9.17, 15) is 0 Å². The van der Waals surface area contributed by atoms with Gasteiger partial charge in [-0.25, -0.2) is 0 Å². The van der Waals surface area contributed by atoms with E-state index >= 15 is 0 Å². The van der Waals surface area contributed by atoms with Gasteiger partial charge in [0.2, 0.25) is 0 Å². The molecule has 0 N–H and O–H groups in total. The van der Waals surface area contributed by atoms with Crippen molar-refractivity contribution in [2.75, 3.05) is 9.80 Å². The Labute approximate surface area is 283 Å². The Morgan fingerprint density at radius 2 is 1.02 bits per heavy atom. The van der Waals surface area contributed by atoms with E-state index in [0.717, 1.165) is 17.1 Å². The summed E-state index contributed by atoms with van der Waals surface area (Å²) in [6, 6.07) is 57.9. The first kappa shape index (κ1) is 28.6. The van der Waals surface area contributed by atoms with E-state index < -0.39 is 0 Å². The summed E-state index contributed by atoms with van der Waals surface area (Å²) in [6.07, 6.45) is 0. The molecular weight excluding hydrogens is 581 g/mol.